The van der Waals surface area contributed by atoms with Gasteiger partial charge >= 0.3 is 0 Å². The van der Waals surface area contributed by atoms with Crippen molar-refractivity contribution >= 4 is 5.96 Å². The van der Waals surface area contributed by atoms with Crippen LogP contribution in [0.1, 0.15) is 71.7 Å². The number of guanidine groups is 1. The normalized spacial score (nSPS) is 14.0. The van der Waals surface area contributed by atoms with E-state index in [1.165, 1.54) is 5.56 Å². The second-order valence-corrected chi connectivity index (χ2v) is 9.08. The van der Waals surface area contributed by atoms with Gasteiger partial charge in [-0.25, -0.2) is 9.98 Å². The summed E-state index contributed by atoms with van der Waals surface area (Å²) in [6, 6.07) is 10.7. The van der Waals surface area contributed by atoms with Crippen molar-refractivity contribution in [3.8, 4) is 0 Å². The number of benzene rings is 1. The molecule has 0 saturated carbocycles. The summed E-state index contributed by atoms with van der Waals surface area (Å²) in [5, 5.41) is 10.4. The fraction of sp³-hybridized carbons (Fsp3) is 0.565. The molecule has 0 aliphatic carbocycles. The molecule has 1 unspecified atom stereocenters. The van der Waals surface area contributed by atoms with Crippen LogP contribution in [0.25, 0.3) is 0 Å². The topological polar surface area (TPSA) is 74.5 Å². The highest BCUT2D eigenvalue weighted by Gasteiger charge is 2.22. The Balaban J connectivity index is 1.95. The van der Waals surface area contributed by atoms with Gasteiger partial charge in [-0.05, 0) is 33.3 Å². The van der Waals surface area contributed by atoms with E-state index in [1.54, 1.807) is 6.20 Å². The Hall–Kier alpha value is -2.34. The van der Waals surface area contributed by atoms with Crippen molar-refractivity contribution in [1.29, 1.82) is 0 Å². The number of aromatic nitrogens is 1. The summed E-state index contributed by atoms with van der Waals surface area (Å²) < 4.78 is 5.84. The minimum atomic E-state index is -0.117. The molecule has 160 valence electrons. The third-order valence-corrected chi connectivity index (χ3v) is 4.61. The number of aliphatic imine (C=N–C) groups is 1. The van der Waals surface area contributed by atoms with Crippen LogP contribution in [-0.2, 0) is 12.0 Å². The van der Waals surface area contributed by atoms with Crippen molar-refractivity contribution in [3.63, 3.8) is 0 Å². The molecule has 6 heteroatoms. The van der Waals surface area contributed by atoms with Crippen LogP contribution in [-0.4, -0.2) is 29.6 Å². The smallest absolute Gasteiger partial charge is 0.216 e. The van der Waals surface area contributed by atoms with Crippen LogP contribution in [0.3, 0.4) is 0 Å². The Bertz CT molecular complexity index is 774. The predicted octanol–water partition coefficient (Wildman–Crippen LogP) is 4.16. The molecule has 0 fully saturated rings. The second kappa shape index (κ2) is 9.92. The van der Waals surface area contributed by atoms with Crippen LogP contribution >= 0.6 is 0 Å². The van der Waals surface area contributed by atoms with E-state index in [0.717, 1.165) is 24.8 Å². The van der Waals surface area contributed by atoms with Crippen LogP contribution in [0.2, 0.25) is 0 Å². The SMILES string of the molecule is CCNC(=NCc1ncc(C(C)(C)C)o1)NCC(C)(C)NC(C)c1ccccc1. The monoisotopic (exact) mass is 399 g/mol. The highest BCUT2D eigenvalue weighted by Crippen LogP contribution is 2.22. The number of hydrogen-bond donors (Lipinski definition) is 3. The van der Waals surface area contributed by atoms with Gasteiger partial charge in [-0.1, -0.05) is 51.1 Å². The maximum Gasteiger partial charge on any atom is 0.216 e. The Labute approximate surface area is 175 Å². The van der Waals surface area contributed by atoms with Gasteiger partial charge in [0.2, 0.25) is 5.89 Å². The number of rotatable bonds is 8. The zero-order chi connectivity index (χ0) is 21.5. The summed E-state index contributed by atoms with van der Waals surface area (Å²) in [6.07, 6.45) is 1.79. The quantitative estimate of drug-likeness (QED) is 0.459. The molecule has 0 bridgehead atoms. The van der Waals surface area contributed by atoms with E-state index in [9.17, 15) is 0 Å². The maximum absolute atomic E-state index is 5.84. The Morgan fingerprint density at radius 3 is 2.38 bits per heavy atom. The molecule has 0 saturated heterocycles. The first-order valence-electron chi connectivity index (χ1n) is 10.4. The average Bonchev–Trinajstić information content (AvgIpc) is 3.14. The Morgan fingerprint density at radius 2 is 1.79 bits per heavy atom. The molecule has 2 rings (SSSR count). The van der Waals surface area contributed by atoms with E-state index in [0.29, 0.717) is 12.4 Å². The fourth-order valence-corrected chi connectivity index (χ4v) is 2.99. The van der Waals surface area contributed by atoms with Crippen LogP contribution in [0, 0.1) is 0 Å². The van der Waals surface area contributed by atoms with Gasteiger partial charge in [0.25, 0.3) is 0 Å². The molecule has 2 aromatic rings. The lowest BCUT2D eigenvalue weighted by Gasteiger charge is -2.31. The van der Waals surface area contributed by atoms with Crippen LogP contribution < -0.4 is 16.0 Å². The lowest BCUT2D eigenvalue weighted by Crippen LogP contribution is -2.52. The van der Waals surface area contributed by atoms with Gasteiger partial charge in [0, 0.05) is 30.1 Å². The van der Waals surface area contributed by atoms with E-state index < -0.39 is 0 Å². The van der Waals surface area contributed by atoms with Crippen molar-refractivity contribution in [1.82, 2.24) is 20.9 Å². The first-order chi connectivity index (χ1) is 13.6. The maximum atomic E-state index is 5.84. The number of nitrogens with one attached hydrogen (secondary N) is 3. The van der Waals surface area contributed by atoms with E-state index in [1.807, 2.05) is 6.07 Å². The lowest BCUT2D eigenvalue weighted by molar-refractivity contribution is 0.344. The van der Waals surface area contributed by atoms with Crippen LogP contribution in [0.4, 0.5) is 0 Å². The lowest BCUT2D eigenvalue weighted by atomic mass is 9.94. The third kappa shape index (κ3) is 7.54. The first-order valence-corrected chi connectivity index (χ1v) is 10.4. The summed E-state index contributed by atoms with van der Waals surface area (Å²) in [5.74, 6) is 2.26. The van der Waals surface area contributed by atoms with E-state index in [2.05, 4.69) is 98.7 Å². The molecule has 1 aromatic heterocycles. The molecule has 29 heavy (non-hydrogen) atoms. The molecule has 1 heterocycles. The summed E-state index contributed by atoms with van der Waals surface area (Å²) in [6.45, 7) is 16.9. The van der Waals surface area contributed by atoms with E-state index >= 15 is 0 Å². The van der Waals surface area contributed by atoms with Gasteiger partial charge in [-0.3, -0.25) is 0 Å². The molecule has 3 N–H and O–H groups in total. The molecule has 1 aromatic carbocycles. The molecule has 0 radical (unpaired) electrons. The minimum absolute atomic E-state index is 0.0527. The molecule has 0 aliphatic rings. The standard InChI is InChI=1S/C23H37N5O/c1-8-24-21(26-15-20-25-14-19(29-20)22(3,4)5)27-16-23(6,7)28-17(2)18-12-10-9-11-13-18/h9-14,17,28H,8,15-16H2,1-7H3,(H2,24,26,27). The van der Waals surface area contributed by atoms with Crippen molar-refractivity contribution < 1.29 is 4.42 Å². The molecule has 1 atom stereocenters. The van der Waals surface area contributed by atoms with Gasteiger partial charge in [0.05, 0.1) is 6.20 Å². The van der Waals surface area contributed by atoms with E-state index in [4.69, 9.17) is 4.42 Å². The van der Waals surface area contributed by atoms with Crippen molar-refractivity contribution in [2.24, 2.45) is 4.99 Å². The third-order valence-electron chi connectivity index (χ3n) is 4.61. The molecular formula is C23H37N5O. The van der Waals surface area contributed by atoms with Gasteiger partial charge in [-0.2, -0.15) is 0 Å². The van der Waals surface area contributed by atoms with Crippen molar-refractivity contribution in [3.05, 3.63) is 53.7 Å². The zero-order valence-corrected chi connectivity index (χ0v) is 19.0. The fourth-order valence-electron chi connectivity index (χ4n) is 2.99. The summed E-state index contributed by atoms with van der Waals surface area (Å²) in [5.41, 5.74) is 1.11. The number of oxazole rings is 1. The molecule has 0 amide bonds. The van der Waals surface area contributed by atoms with Crippen molar-refractivity contribution in [2.75, 3.05) is 13.1 Å². The molecular weight excluding hydrogens is 362 g/mol. The van der Waals surface area contributed by atoms with E-state index in [-0.39, 0.29) is 17.0 Å². The first kappa shape index (κ1) is 22.9. The Morgan fingerprint density at radius 1 is 1.10 bits per heavy atom. The van der Waals surface area contributed by atoms with Gasteiger partial charge in [0.1, 0.15) is 12.3 Å². The predicted molar refractivity (Wildman–Crippen MR) is 120 cm³/mol. The zero-order valence-electron chi connectivity index (χ0n) is 19.0. The van der Waals surface area contributed by atoms with Gasteiger partial charge in [-0.15, -0.1) is 0 Å². The highest BCUT2D eigenvalue weighted by molar-refractivity contribution is 5.79. The van der Waals surface area contributed by atoms with Crippen LogP contribution in [0.15, 0.2) is 45.9 Å². The molecule has 0 aliphatic heterocycles. The summed E-state index contributed by atoms with van der Waals surface area (Å²) >= 11 is 0. The largest absolute Gasteiger partial charge is 0.443 e. The molecule has 0 spiro atoms. The average molecular weight is 400 g/mol. The number of nitrogens with zero attached hydrogens (tertiary/aromatic N) is 2. The van der Waals surface area contributed by atoms with Gasteiger partial charge in [0.15, 0.2) is 5.96 Å². The Kier molecular flexibility index (Phi) is 7.85. The highest BCUT2D eigenvalue weighted by atomic mass is 16.4. The molecule has 6 nitrogen and oxygen atoms in total. The van der Waals surface area contributed by atoms with Crippen LogP contribution in [0.5, 0.6) is 0 Å². The van der Waals surface area contributed by atoms with Crippen molar-refractivity contribution in [2.45, 2.75) is 72.0 Å². The second-order valence-electron chi connectivity index (χ2n) is 9.08. The summed E-state index contributed by atoms with van der Waals surface area (Å²) in [4.78, 5) is 8.98. The van der Waals surface area contributed by atoms with Gasteiger partial charge < -0.3 is 20.4 Å². The number of hydrogen-bond acceptors (Lipinski definition) is 4. The summed E-state index contributed by atoms with van der Waals surface area (Å²) in [7, 11) is 0. The minimum Gasteiger partial charge on any atom is -0.443 e.